The van der Waals surface area contributed by atoms with Crippen molar-refractivity contribution in [2.24, 2.45) is 0 Å². The summed E-state index contributed by atoms with van der Waals surface area (Å²) in [5, 5.41) is 20.9. The molecule has 0 aliphatic carbocycles. The lowest BCUT2D eigenvalue weighted by molar-refractivity contribution is -0.0503. The van der Waals surface area contributed by atoms with E-state index in [2.05, 4.69) is 35.0 Å². The lowest BCUT2D eigenvalue weighted by Gasteiger charge is -2.22. The predicted molar refractivity (Wildman–Crippen MR) is 151 cm³/mol. The van der Waals surface area contributed by atoms with E-state index in [1.54, 1.807) is 6.92 Å². The summed E-state index contributed by atoms with van der Waals surface area (Å²) in [6.45, 7) is 2.89. The van der Waals surface area contributed by atoms with Gasteiger partial charge in [-0.2, -0.15) is 8.62 Å². The van der Waals surface area contributed by atoms with E-state index in [9.17, 15) is 38.6 Å². The molecule has 0 bridgehead atoms. The number of anilines is 1. The van der Waals surface area contributed by atoms with Gasteiger partial charge in [0.2, 0.25) is 0 Å². The summed E-state index contributed by atoms with van der Waals surface area (Å²) >= 11 is 0. The van der Waals surface area contributed by atoms with Crippen LogP contribution in [-0.2, 0) is 36.1 Å². The molecule has 2 aromatic heterocycles. The molecule has 43 heavy (non-hydrogen) atoms. The van der Waals surface area contributed by atoms with E-state index in [1.165, 1.54) is 10.9 Å². The number of aromatic nitrogens is 4. The van der Waals surface area contributed by atoms with E-state index in [4.69, 9.17) is 15.0 Å². The average Bonchev–Trinajstić information content (AvgIpc) is 3.46. The molecule has 18 nitrogen and oxygen atoms in total. The number of hydrogen-bond acceptors (Lipinski definition) is 14. The van der Waals surface area contributed by atoms with Gasteiger partial charge in [-0.05, 0) is 12.8 Å². The maximum Gasteiger partial charge on any atom is 0.490 e. The smallest absolute Gasteiger partial charge is 0.387 e. The second kappa shape index (κ2) is 15.8. The van der Waals surface area contributed by atoms with E-state index in [0.29, 0.717) is 19.3 Å². The number of unbranched alkanes of at least 4 members (excludes halogenated alkanes) is 6. The summed E-state index contributed by atoms with van der Waals surface area (Å²) < 4.78 is 61.8. The van der Waals surface area contributed by atoms with Crippen LogP contribution in [0.5, 0.6) is 0 Å². The zero-order valence-electron chi connectivity index (χ0n) is 23.8. The molecule has 246 valence electrons. The Hall–Kier alpha value is -1.36. The molecule has 3 heterocycles. The van der Waals surface area contributed by atoms with E-state index in [1.807, 2.05) is 0 Å². The molecule has 0 amide bonds. The van der Waals surface area contributed by atoms with Crippen molar-refractivity contribution in [3.05, 3.63) is 12.7 Å². The van der Waals surface area contributed by atoms with Gasteiger partial charge >= 0.3 is 23.5 Å². The van der Waals surface area contributed by atoms with Crippen molar-refractivity contribution in [3.63, 3.8) is 0 Å². The molecular formula is C22H40N5O13P3. The van der Waals surface area contributed by atoms with Gasteiger partial charge in [-0.1, -0.05) is 58.8 Å². The van der Waals surface area contributed by atoms with Crippen molar-refractivity contribution in [3.8, 4) is 0 Å². The number of aliphatic hydroxyl groups is 2. The van der Waals surface area contributed by atoms with E-state index in [0.717, 1.165) is 44.9 Å². The van der Waals surface area contributed by atoms with Crippen molar-refractivity contribution in [2.75, 3.05) is 12.3 Å². The van der Waals surface area contributed by atoms with Gasteiger partial charge in [-0.15, -0.1) is 0 Å². The first-order valence-corrected chi connectivity index (χ1v) is 18.4. The van der Waals surface area contributed by atoms with Crippen LogP contribution in [0.1, 0.15) is 77.9 Å². The van der Waals surface area contributed by atoms with Crippen LogP contribution in [0.15, 0.2) is 12.7 Å². The quantitative estimate of drug-likeness (QED) is 0.0920. The molecule has 1 aliphatic heterocycles. The van der Waals surface area contributed by atoms with Crippen LogP contribution in [-0.4, -0.2) is 75.4 Å². The number of phosphoric acid groups is 3. The molecule has 2 aromatic rings. The summed E-state index contributed by atoms with van der Waals surface area (Å²) in [6, 6.07) is 0. The van der Waals surface area contributed by atoms with Crippen molar-refractivity contribution in [1.29, 1.82) is 0 Å². The fourth-order valence-electron chi connectivity index (χ4n) is 4.49. The zero-order chi connectivity index (χ0) is 31.8. The molecule has 0 saturated carbocycles. The number of imidazole rings is 1. The highest BCUT2D eigenvalue weighted by Gasteiger charge is 2.47. The fourth-order valence-corrected chi connectivity index (χ4v) is 8.27. The summed E-state index contributed by atoms with van der Waals surface area (Å²) in [5.41, 5.74) is 6.12. The van der Waals surface area contributed by atoms with Crippen LogP contribution in [0, 0.1) is 0 Å². The maximum atomic E-state index is 12.4. The third-order valence-corrected chi connectivity index (χ3v) is 11.0. The third kappa shape index (κ3) is 10.6. The molecule has 1 saturated heterocycles. The van der Waals surface area contributed by atoms with Crippen LogP contribution < -0.4 is 5.73 Å². The molecule has 1 fully saturated rings. The monoisotopic (exact) mass is 675 g/mol. The largest absolute Gasteiger partial charge is 0.490 e. The number of nitrogens with two attached hydrogens (primary N) is 1. The minimum Gasteiger partial charge on any atom is -0.387 e. The van der Waals surface area contributed by atoms with Crippen LogP contribution in [0.4, 0.5) is 5.82 Å². The number of nitrogen functional groups attached to an aromatic ring is 1. The third-order valence-electron chi connectivity index (χ3n) is 6.68. The normalized spacial score (nSPS) is 25.7. The van der Waals surface area contributed by atoms with E-state index < -0.39 is 60.7 Å². The number of nitrogens with zero attached hydrogens (tertiary/aromatic N) is 4. The van der Waals surface area contributed by atoms with E-state index >= 15 is 0 Å². The minimum atomic E-state index is -5.69. The van der Waals surface area contributed by atoms with Crippen molar-refractivity contribution >= 4 is 40.4 Å². The summed E-state index contributed by atoms with van der Waals surface area (Å²) in [4.78, 5) is 41.7. The summed E-state index contributed by atoms with van der Waals surface area (Å²) in [6.07, 6.45) is 3.43. The molecule has 21 heteroatoms. The second-order valence-corrected chi connectivity index (χ2v) is 14.6. The van der Waals surface area contributed by atoms with Crippen LogP contribution >= 0.6 is 23.5 Å². The molecule has 0 radical (unpaired) electrons. The average molecular weight is 676 g/mol. The molecule has 0 spiro atoms. The molecule has 3 rings (SSSR count). The van der Waals surface area contributed by atoms with Crippen molar-refractivity contribution < 1.29 is 61.0 Å². The van der Waals surface area contributed by atoms with Gasteiger partial charge in [0.05, 0.1) is 19.0 Å². The van der Waals surface area contributed by atoms with Crippen molar-refractivity contribution in [1.82, 2.24) is 19.5 Å². The highest BCUT2D eigenvalue weighted by Crippen LogP contribution is 2.68. The minimum absolute atomic E-state index is 0.0573. The van der Waals surface area contributed by atoms with Gasteiger partial charge in [-0.3, -0.25) is 13.6 Å². The Balaban J connectivity index is 1.51. The SMILES string of the molecule is CCCCCCCCCC(CC)OP(=O)(O)OP(=O)(O)OP(=O)(O)OC[C@H]1O[C@@H](n2cnc3c(N)ncnc32)[C@H](O)[C@@H]1O. The number of rotatable bonds is 19. The Labute approximate surface area is 248 Å². The Morgan fingerprint density at radius 2 is 1.58 bits per heavy atom. The fraction of sp³-hybridized carbons (Fsp3) is 0.773. The van der Waals surface area contributed by atoms with Gasteiger partial charge < -0.3 is 35.4 Å². The molecule has 7 N–H and O–H groups in total. The Morgan fingerprint density at radius 3 is 2.26 bits per heavy atom. The lowest BCUT2D eigenvalue weighted by Crippen LogP contribution is -2.33. The standard InChI is InChI=1S/C22H40N5O13P3/c1-3-5-6-7-8-9-10-11-15(4-2)38-42(32,33)40-43(34,35)39-41(30,31)36-12-16-18(28)19(29)22(37-16)27-14-26-17-20(23)24-13-25-21(17)27/h13-16,18-19,22,28-29H,3-12H2,1-2H3,(H,30,31)(H,32,33)(H,34,35)(H2,23,24,25)/t15?,16-,18-,19-,22-/m1/s1. The first kappa shape index (κ1) is 36.1. The van der Waals surface area contributed by atoms with Crippen molar-refractivity contribution in [2.45, 2.75) is 102 Å². The number of hydrogen-bond donors (Lipinski definition) is 6. The van der Waals surface area contributed by atoms with Crippen LogP contribution in [0.2, 0.25) is 0 Å². The lowest BCUT2D eigenvalue weighted by atomic mass is 10.1. The molecule has 8 atom stereocenters. The molecule has 0 aromatic carbocycles. The van der Waals surface area contributed by atoms with Gasteiger partial charge in [0.1, 0.15) is 30.2 Å². The number of aliphatic hydroxyl groups excluding tert-OH is 2. The highest BCUT2D eigenvalue weighted by molar-refractivity contribution is 7.66. The first-order chi connectivity index (χ1) is 20.2. The molecule has 4 unspecified atom stereocenters. The van der Waals surface area contributed by atoms with E-state index in [-0.39, 0.29) is 17.0 Å². The van der Waals surface area contributed by atoms with Gasteiger partial charge in [0.15, 0.2) is 17.7 Å². The summed E-state index contributed by atoms with van der Waals surface area (Å²) in [7, 11) is -16.4. The topological polar surface area (TPSA) is 268 Å². The van der Waals surface area contributed by atoms with Crippen LogP contribution in [0.25, 0.3) is 11.2 Å². The van der Waals surface area contributed by atoms with Crippen LogP contribution in [0.3, 0.4) is 0 Å². The Morgan fingerprint density at radius 1 is 0.930 bits per heavy atom. The molecular weight excluding hydrogens is 635 g/mol. The van der Waals surface area contributed by atoms with Gasteiger partial charge in [0, 0.05) is 0 Å². The highest BCUT2D eigenvalue weighted by atomic mass is 31.3. The second-order valence-electron chi connectivity index (χ2n) is 10.0. The van der Waals surface area contributed by atoms with Gasteiger partial charge in [0.25, 0.3) is 0 Å². The predicted octanol–water partition coefficient (Wildman–Crippen LogP) is 3.31. The number of fused-ring (bicyclic) bond motifs is 1. The Bertz CT molecular complexity index is 1330. The maximum absolute atomic E-state index is 12.4. The number of ether oxygens (including phenoxy) is 1. The Kier molecular flexibility index (Phi) is 13.2. The summed E-state index contributed by atoms with van der Waals surface area (Å²) in [5.74, 6) is 0.0573. The molecule has 1 aliphatic rings. The number of phosphoric ester groups is 2. The zero-order valence-corrected chi connectivity index (χ0v) is 26.5. The first-order valence-electron chi connectivity index (χ1n) is 13.9. The van der Waals surface area contributed by atoms with Gasteiger partial charge in [-0.25, -0.2) is 28.6 Å².